The van der Waals surface area contributed by atoms with Crippen molar-refractivity contribution in [2.24, 2.45) is 0 Å². The molecule has 0 saturated carbocycles. The van der Waals surface area contributed by atoms with Crippen LogP contribution in [0.1, 0.15) is 26.5 Å². The maximum atomic E-state index is 12.3. The monoisotopic (exact) mass is 311 g/mol. The number of aryl methyl sites for hydroxylation is 1. The number of fused-ring (bicyclic) bond motifs is 1. The van der Waals surface area contributed by atoms with Crippen molar-refractivity contribution in [2.75, 3.05) is 11.1 Å². The van der Waals surface area contributed by atoms with Crippen molar-refractivity contribution < 1.29 is 19.1 Å². The highest BCUT2D eigenvalue weighted by atomic mass is 16.4. The van der Waals surface area contributed by atoms with Gasteiger partial charge in [0.2, 0.25) is 5.76 Å². The van der Waals surface area contributed by atoms with Crippen molar-refractivity contribution in [3.63, 3.8) is 0 Å². The largest absolute Gasteiger partial charge is 0.478 e. The molecule has 7 heteroatoms. The first-order chi connectivity index (χ1) is 11.0. The molecule has 116 valence electrons. The van der Waals surface area contributed by atoms with Gasteiger partial charge in [-0.2, -0.15) is 0 Å². The predicted molar refractivity (Wildman–Crippen MR) is 84.5 cm³/mol. The summed E-state index contributed by atoms with van der Waals surface area (Å²) in [4.78, 5) is 27.6. The molecule has 4 N–H and O–H groups in total. The first kappa shape index (κ1) is 14.6. The number of amides is 1. The van der Waals surface area contributed by atoms with Gasteiger partial charge < -0.3 is 20.6 Å². The fraction of sp³-hybridized carbons (Fsp3) is 0.0625. The van der Waals surface area contributed by atoms with Gasteiger partial charge in [0.1, 0.15) is 11.4 Å². The summed E-state index contributed by atoms with van der Waals surface area (Å²) >= 11 is 0. The summed E-state index contributed by atoms with van der Waals surface area (Å²) in [7, 11) is 0. The molecule has 2 aromatic heterocycles. The van der Waals surface area contributed by atoms with Crippen LogP contribution in [-0.2, 0) is 0 Å². The van der Waals surface area contributed by atoms with Crippen LogP contribution in [0.25, 0.3) is 11.0 Å². The fourth-order valence-corrected chi connectivity index (χ4v) is 2.23. The molecule has 0 fully saturated rings. The highest BCUT2D eigenvalue weighted by molar-refractivity contribution is 6.15. The fourth-order valence-electron chi connectivity index (χ4n) is 2.23. The van der Waals surface area contributed by atoms with Gasteiger partial charge >= 0.3 is 5.97 Å². The number of hydrogen-bond donors (Lipinski definition) is 3. The van der Waals surface area contributed by atoms with Gasteiger partial charge in [-0.05, 0) is 30.7 Å². The summed E-state index contributed by atoms with van der Waals surface area (Å²) in [5.41, 5.74) is 7.09. The van der Waals surface area contributed by atoms with Crippen molar-refractivity contribution in [3.05, 3.63) is 53.4 Å². The maximum absolute atomic E-state index is 12.3. The Labute approximate surface area is 130 Å². The van der Waals surface area contributed by atoms with Crippen LogP contribution in [0.15, 0.2) is 40.9 Å². The van der Waals surface area contributed by atoms with Gasteiger partial charge in [0, 0.05) is 6.20 Å². The number of nitrogens with zero attached hydrogens (tertiary/aromatic N) is 1. The summed E-state index contributed by atoms with van der Waals surface area (Å²) < 4.78 is 5.42. The lowest BCUT2D eigenvalue weighted by molar-refractivity contribution is 0.0698. The molecule has 0 radical (unpaired) electrons. The number of anilines is 2. The molecule has 0 aliphatic heterocycles. The average Bonchev–Trinajstić information content (AvgIpc) is 2.87. The average molecular weight is 311 g/mol. The highest BCUT2D eigenvalue weighted by Crippen LogP contribution is 2.31. The number of benzene rings is 1. The molecule has 7 nitrogen and oxygen atoms in total. The van der Waals surface area contributed by atoms with E-state index < -0.39 is 11.9 Å². The van der Waals surface area contributed by atoms with Gasteiger partial charge in [0.05, 0.1) is 16.6 Å². The molecule has 1 amide bonds. The first-order valence-electron chi connectivity index (χ1n) is 6.75. The van der Waals surface area contributed by atoms with Gasteiger partial charge in [-0.15, -0.1) is 0 Å². The molecule has 0 spiro atoms. The standard InChI is InChI=1S/C16H13N3O4/c1-8-5-6-11(18-7-8)19-15(20)14-13(17)12-9(16(21)22)3-2-4-10(12)23-14/h2-7H,17H2,1H3,(H,21,22)(H,18,19,20). The molecule has 3 aromatic rings. The van der Waals surface area contributed by atoms with Crippen LogP contribution in [-0.4, -0.2) is 22.0 Å². The van der Waals surface area contributed by atoms with E-state index in [4.69, 9.17) is 10.2 Å². The van der Waals surface area contributed by atoms with Crippen LogP contribution in [0.3, 0.4) is 0 Å². The number of nitrogens with one attached hydrogen (secondary N) is 1. The van der Waals surface area contributed by atoms with Gasteiger partial charge in [-0.3, -0.25) is 4.79 Å². The van der Waals surface area contributed by atoms with Crippen LogP contribution >= 0.6 is 0 Å². The van der Waals surface area contributed by atoms with E-state index in [0.717, 1.165) is 5.56 Å². The molecule has 3 rings (SSSR count). The molecule has 1 aromatic carbocycles. The maximum Gasteiger partial charge on any atom is 0.336 e. The zero-order valence-corrected chi connectivity index (χ0v) is 12.2. The molecule has 0 saturated heterocycles. The third-order valence-electron chi connectivity index (χ3n) is 3.34. The predicted octanol–water partition coefficient (Wildman–Crippen LogP) is 2.67. The summed E-state index contributed by atoms with van der Waals surface area (Å²) in [6.45, 7) is 1.88. The molecule has 0 bridgehead atoms. The Hall–Kier alpha value is -3.35. The highest BCUT2D eigenvalue weighted by Gasteiger charge is 2.22. The third-order valence-corrected chi connectivity index (χ3v) is 3.34. The molecule has 0 atom stereocenters. The van der Waals surface area contributed by atoms with Crippen LogP contribution in [0.2, 0.25) is 0 Å². The van der Waals surface area contributed by atoms with Crippen molar-refractivity contribution >= 4 is 34.4 Å². The van der Waals surface area contributed by atoms with E-state index >= 15 is 0 Å². The molecular weight excluding hydrogens is 298 g/mol. The third kappa shape index (κ3) is 2.59. The molecule has 2 heterocycles. The first-order valence-corrected chi connectivity index (χ1v) is 6.75. The number of carboxylic acids is 1. The number of nitrogen functional groups attached to an aromatic ring is 1. The number of pyridine rings is 1. The number of hydrogen-bond acceptors (Lipinski definition) is 5. The van der Waals surface area contributed by atoms with E-state index in [1.807, 2.05) is 6.92 Å². The van der Waals surface area contributed by atoms with E-state index in [1.165, 1.54) is 12.1 Å². The molecule has 0 aliphatic rings. The van der Waals surface area contributed by atoms with Gasteiger partial charge in [-0.25, -0.2) is 9.78 Å². The lowest BCUT2D eigenvalue weighted by Crippen LogP contribution is -2.13. The van der Waals surface area contributed by atoms with E-state index in [2.05, 4.69) is 10.3 Å². The Balaban J connectivity index is 2.01. The number of aromatic carboxylic acids is 1. The minimum absolute atomic E-state index is 0.0115. The zero-order chi connectivity index (χ0) is 16.6. The molecular formula is C16H13N3O4. The molecule has 23 heavy (non-hydrogen) atoms. The van der Waals surface area contributed by atoms with Gasteiger partial charge in [0.15, 0.2) is 0 Å². The quantitative estimate of drug-likeness (QED) is 0.684. The van der Waals surface area contributed by atoms with E-state index in [-0.39, 0.29) is 28.0 Å². The van der Waals surface area contributed by atoms with Crippen molar-refractivity contribution in [1.82, 2.24) is 4.98 Å². The minimum Gasteiger partial charge on any atom is -0.478 e. The van der Waals surface area contributed by atoms with E-state index in [0.29, 0.717) is 5.82 Å². The van der Waals surface area contributed by atoms with Crippen LogP contribution in [0, 0.1) is 6.92 Å². The van der Waals surface area contributed by atoms with Gasteiger partial charge in [0.25, 0.3) is 5.91 Å². The minimum atomic E-state index is -1.14. The SMILES string of the molecule is Cc1ccc(NC(=O)c2oc3cccc(C(=O)O)c3c2N)nc1. The number of carboxylic acid groups (broad SMARTS) is 1. The second kappa shape index (κ2) is 5.45. The molecule has 0 aliphatic carbocycles. The number of carbonyl (C=O) groups excluding carboxylic acids is 1. The van der Waals surface area contributed by atoms with Crippen molar-refractivity contribution in [1.29, 1.82) is 0 Å². The molecule has 0 unspecified atom stereocenters. The van der Waals surface area contributed by atoms with Crippen molar-refractivity contribution in [3.8, 4) is 0 Å². The Morgan fingerprint density at radius 3 is 2.70 bits per heavy atom. The van der Waals surface area contributed by atoms with Crippen LogP contribution in [0.4, 0.5) is 11.5 Å². The smallest absolute Gasteiger partial charge is 0.336 e. The Kier molecular flexibility index (Phi) is 3.46. The Bertz CT molecular complexity index is 913. The van der Waals surface area contributed by atoms with E-state index in [9.17, 15) is 14.7 Å². The number of aromatic nitrogens is 1. The number of furan rings is 1. The lowest BCUT2D eigenvalue weighted by atomic mass is 10.1. The number of nitrogens with two attached hydrogens (primary N) is 1. The second-order valence-electron chi connectivity index (χ2n) is 5.00. The van der Waals surface area contributed by atoms with Crippen molar-refractivity contribution in [2.45, 2.75) is 6.92 Å². The Morgan fingerprint density at radius 1 is 1.26 bits per heavy atom. The second-order valence-corrected chi connectivity index (χ2v) is 5.00. The topological polar surface area (TPSA) is 118 Å². The summed E-state index contributed by atoms with van der Waals surface area (Å²) in [5, 5.41) is 12.0. The van der Waals surface area contributed by atoms with Crippen LogP contribution in [0.5, 0.6) is 0 Å². The van der Waals surface area contributed by atoms with Gasteiger partial charge in [-0.1, -0.05) is 12.1 Å². The summed E-state index contributed by atoms with van der Waals surface area (Å²) in [6, 6.07) is 7.93. The lowest BCUT2D eigenvalue weighted by Gasteiger charge is -2.03. The van der Waals surface area contributed by atoms with E-state index in [1.54, 1.807) is 24.4 Å². The normalized spacial score (nSPS) is 10.7. The number of rotatable bonds is 3. The summed E-state index contributed by atoms with van der Waals surface area (Å²) in [6.07, 6.45) is 1.61. The zero-order valence-electron chi connectivity index (χ0n) is 12.2. The number of carbonyl (C=O) groups is 2. The van der Waals surface area contributed by atoms with Crippen LogP contribution < -0.4 is 11.1 Å². The summed E-state index contributed by atoms with van der Waals surface area (Å²) in [5.74, 6) is -1.53. The Morgan fingerprint density at radius 2 is 2.04 bits per heavy atom.